The van der Waals surface area contributed by atoms with E-state index in [1.807, 2.05) is 0 Å². The highest BCUT2D eigenvalue weighted by Crippen LogP contribution is 2.19. The number of pyridine rings is 1. The Bertz CT molecular complexity index is 634. The number of anilines is 2. The Labute approximate surface area is 98.3 Å². The van der Waals surface area contributed by atoms with Gasteiger partial charge in [-0.15, -0.1) is 0 Å². The van der Waals surface area contributed by atoms with E-state index in [1.54, 1.807) is 13.2 Å². The minimum absolute atomic E-state index is 0.0520. The summed E-state index contributed by atoms with van der Waals surface area (Å²) in [6.07, 6.45) is 5.58. The van der Waals surface area contributed by atoms with Crippen molar-refractivity contribution in [1.82, 2.24) is 14.8 Å². The smallest absolute Gasteiger partial charge is 0.265 e. The lowest BCUT2D eigenvalue weighted by Crippen LogP contribution is -2.14. The highest BCUT2D eigenvalue weighted by atomic mass is 32.2. The van der Waals surface area contributed by atoms with E-state index in [4.69, 9.17) is 5.73 Å². The number of aryl methyl sites for hydroxylation is 1. The molecule has 0 atom stereocenters. The zero-order valence-electron chi connectivity index (χ0n) is 9.03. The molecule has 0 fully saturated rings. The summed E-state index contributed by atoms with van der Waals surface area (Å²) < 4.78 is 27.8. The van der Waals surface area contributed by atoms with Crippen LogP contribution in [0, 0.1) is 0 Å². The van der Waals surface area contributed by atoms with Crippen molar-refractivity contribution in [3.05, 3.63) is 30.9 Å². The van der Waals surface area contributed by atoms with Gasteiger partial charge in [-0.25, -0.2) is 8.42 Å². The van der Waals surface area contributed by atoms with Crippen LogP contribution in [-0.2, 0) is 17.1 Å². The first-order valence-corrected chi connectivity index (χ1v) is 6.18. The van der Waals surface area contributed by atoms with Crippen LogP contribution < -0.4 is 10.5 Å². The third-order valence-corrected chi connectivity index (χ3v) is 3.49. The van der Waals surface area contributed by atoms with E-state index in [-0.39, 0.29) is 10.6 Å². The number of nitrogen functional groups attached to an aromatic ring is 1. The van der Waals surface area contributed by atoms with Crippen molar-refractivity contribution < 1.29 is 8.42 Å². The van der Waals surface area contributed by atoms with Crippen LogP contribution in [0.3, 0.4) is 0 Å². The monoisotopic (exact) mass is 253 g/mol. The fraction of sp³-hybridized carbons (Fsp3) is 0.111. The van der Waals surface area contributed by atoms with E-state index in [0.717, 1.165) is 0 Å². The zero-order chi connectivity index (χ0) is 12.5. The van der Waals surface area contributed by atoms with Crippen LogP contribution >= 0.6 is 0 Å². The highest BCUT2D eigenvalue weighted by molar-refractivity contribution is 7.92. The SMILES string of the molecule is Cn1cc(NS(=O)(=O)c2cnccc2N)cn1. The molecule has 7 nitrogen and oxygen atoms in total. The first-order valence-electron chi connectivity index (χ1n) is 4.70. The van der Waals surface area contributed by atoms with E-state index >= 15 is 0 Å². The van der Waals surface area contributed by atoms with Crippen LogP contribution in [0.4, 0.5) is 11.4 Å². The second-order valence-electron chi connectivity index (χ2n) is 3.42. The number of hydrogen-bond donors (Lipinski definition) is 2. The van der Waals surface area contributed by atoms with Crippen LogP contribution in [0.2, 0.25) is 0 Å². The Kier molecular flexibility index (Phi) is 2.72. The van der Waals surface area contributed by atoms with Gasteiger partial charge in [-0.3, -0.25) is 14.4 Å². The van der Waals surface area contributed by atoms with Crippen LogP contribution in [0.5, 0.6) is 0 Å². The van der Waals surface area contributed by atoms with Gasteiger partial charge in [0, 0.05) is 25.6 Å². The molecule has 0 saturated carbocycles. The molecule has 2 heterocycles. The summed E-state index contributed by atoms with van der Waals surface area (Å²) >= 11 is 0. The zero-order valence-corrected chi connectivity index (χ0v) is 9.85. The fourth-order valence-electron chi connectivity index (χ4n) is 1.30. The lowest BCUT2D eigenvalue weighted by molar-refractivity contribution is 0.601. The van der Waals surface area contributed by atoms with Crippen molar-refractivity contribution in [3.63, 3.8) is 0 Å². The fourth-order valence-corrected chi connectivity index (χ4v) is 2.40. The maximum Gasteiger partial charge on any atom is 0.265 e. The molecular formula is C9H11N5O2S. The molecule has 0 aromatic carbocycles. The largest absolute Gasteiger partial charge is 0.398 e. The Morgan fingerprint density at radius 1 is 1.41 bits per heavy atom. The van der Waals surface area contributed by atoms with Gasteiger partial charge in [-0.05, 0) is 6.07 Å². The van der Waals surface area contributed by atoms with Gasteiger partial charge < -0.3 is 5.73 Å². The van der Waals surface area contributed by atoms with Crippen molar-refractivity contribution in [3.8, 4) is 0 Å². The predicted molar refractivity (Wildman–Crippen MR) is 62.7 cm³/mol. The third-order valence-electron chi connectivity index (χ3n) is 2.06. The molecule has 2 aromatic rings. The molecule has 0 aliphatic heterocycles. The van der Waals surface area contributed by atoms with Gasteiger partial charge in [0.25, 0.3) is 10.0 Å². The van der Waals surface area contributed by atoms with Crippen LogP contribution in [0.1, 0.15) is 0 Å². The number of rotatable bonds is 3. The predicted octanol–water partition coefficient (Wildman–Crippen LogP) is 0.198. The lowest BCUT2D eigenvalue weighted by Gasteiger charge is -2.07. The second-order valence-corrected chi connectivity index (χ2v) is 5.07. The summed E-state index contributed by atoms with van der Waals surface area (Å²) in [5.74, 6) is 0. The molecule has 0 aliphatic carbocycles. The number of nitrogens with two attached hydrogens (primary N) is 1. The Morgan fingerprint density at radius 2 is 2.18 bits per heavy atom. The van der Waals surface area contributed by atoms with E-state index < -0.39 is 10.0 Å². The Balaban J connectivity index is 2.35. The molecule has 17 heavy (non-hydrogen) atoms. The first kappa shape index (κ1) is 11.4. The molecule has 3 N–H and O–H groups in total. The Hall–Kier alpha value is -2.09. The van der Waals surface area contributed by atoms with E-state index in [9.17, 15) is 8.42 Å². The summed E-state index contributed by atoms with van der Waals surface area (Å²) in [5.41, 5.74) is 6.11. The van der Waals surface area contributed by atoms with Crippen molar-refractivity contribution in [2.75, 3.05) is 10.5 Å². The number of nitrogens with zero attached hydrogens (tertiary/aromatic N) is 3. The average molecular weight is 253 g/mol. The molecule has 0 spiro atoms. The summed E-state index contributed by atoms with van der Waals surface area (Å²) in [4.78, 5) is 3.69. The van der Waals surface area contributed by atoms with Gasteiger partial charge in [0.05, 0.1) is 17.6 Å². The highest BCUT2D eigenvalue weighted by Gasteiger charge is 2.18. The van der Waals surface area contributed by atoms with Gasteiger partial charge >= 0.3 is 0 Å². The van der Waals surface area contributed by atoms with Crippen LogP contribution in [-0.4, -0.2) is 23.2 Å². The quantitative estimate of drug-likeness (QED) is 0.813. The molecule has 0 unspecified atom stereocenters. The summed E-state index contributed by atoms with van der Waals surface area (Å²) in [5, 5.41) is 3.86. The van der Waals surface area contributed by atoms with E-state index in [0.29, 0.717) is 5.69 Å². The van der Waals surface area contributed by atoms with Gasteiger partial charge in [0.2, 0.25) is 0 Å². The number of aromatic nitrogens is 3. The van der Waals surface area contributed by atoms with Gasteiger partial charge in [-0.1, -0.05) is 0 Å². The van der Waals surface area contributed by atoms with Crippen LogP contribution in [0.15, 0.2) is 35.7 Å². The standard InChI is InChI=1S/C9H11N5O2S/c1-14-6-7(4-12-14)13-17(15,16)9-5-11-3-2-8(9)10/h2-6,13H,1H3,(H2,10,11). The maximum absolute atomic E-state index is 12.0. The molecule has 90 valence electrons. The van der Waals surface area contributed by atoms with E-state index in [1.165, 1.54) is 29.3 Å². The molecule has 2 aromatic heterocycles. The number of sulfonamides is 1. The topological polar surface area (TPSA) is 103 Å². The third kappa shape index (κ3) is 2.36. The summed E-state index contributed by atoms with van der Waals surface area (Å²) in [6.45, 7) is 0. The van der Waals surface area contributed by atoms with Crippen molar-refractivity contribution in [1.29, 1.82) is 0 Å². The molecule has 0 aliphatic rings. The van der Waals surface area contributed by atoms with Crippen LogP contribution in [0.25, 0.3) is 0 Å². The Morgan fingerprint density at radius 3 is 2.76 bits per heavy atom. The molecule has 0 amide bonds. The minimum Gasteiger partial charge on any atom is -0.398 e. The summed E-state index contributed by atoms with van der Waals surface area (Å²) in [6, 6.07) is 1.43. The number of nitrogens with one attached hydrogen (secondary N) is 1. The van der Waals surface area contributed by atoms with Crippen molar-refractivity contribution in [2.24, 2.45) is 7.05 Å². The molecule has 2 rings (SSSR count). The molecule has 0 radical (unpaired) electrons. The maximum atomic E-state index is 12.0. The number of hydrogen-bond acceptors (Lipinski definition) is 5. The van der Waals surface area contributed by atoms with Gasteiger partial charge in [0.1, 0.15) is 4.90 Å². The summed E-state index contributed by atoms with van der Waals surface area (Å²) in [7, 11) is -2.03. The minimum atomic E-state index is -3.72. The molecule has 8 heteroatoms. The van der Waals surface area contributed by atoms with E-state index in [2.05, 4.69) is 14.8 Å². The van der Waals surface area contributed by atoms with Crippen molar-refractivity contribution >= 4 is 21.4 Å². The average Bonchev–Trinajstić information content (AvgIpc) is 2.63. The first-order chi connectivity index (χ1) is 7.99. The molecular weight excluding hydrogens is 242 g/mol. The van der Waals surface area contributed by atoms with Gasteiger partial charge in [0.15, 0.2) is 0 Å². The van der Waals surface area contributed by atoms with Crippen molar-refractivity contribution in [2.45, 2.75) is 4.90 Å². The second kappa shape index (κ2) is 4.06. The van der Waals surface area contributed by atoms with Gasteiger partial charge in [-0.2, -0.15) is 5.10 Å². The normalized spacial score (nSPS) is 11.4. The lowest BCUT2D eigenvalue weighted by atomic mass is 10.4. The molecule has 0 saturated heterocycles. The molecule has 0 bridgehead atoms.